The van der Waals surface area contributed by atoms with E-state index in [4.69, 9.17) is 16.7 Å². The van der Waals surface area contributed by atoms with Crippen LogP contribution in [0.15, 0.2) is 18.2 Å². The number of hydrogen-bond acceptors (Lipinski definition) is 3. The van der Waals surface area contributed by atoms with Gasteiger partial charge in [-0.2, -0.15) is 0 Å². The summed E-state index contributed by atoms with van der Waals surface area (Å²) in [7, 11) is 0. The van der Waals surface area contributed by atoms with Crippen LogP contribution < -0.4 is 10.6 Å². The zero-order valence-electron chi connectivity index (χ0n) is 11.6. The maximum atomic E-state index is 12.1. The highest BCUT2D eigenvalue weighted by molar-refractivity contribution is 6.34. The van der Waals surface area contributed by atoms with Gasteiger partial charge >= 0.3 is 0 Å². The average molecular weight is 299 g/mol. The number of halogens is 1. The lowest BCUT2D eigenvalue weighted by molar-refractivity contribution is -0.114. The van der Waals surface area contributed by atoms with Gasteiger partial charge in [-0.05, 0) is 38.0 Å². The van der Waals surface area contributed by atoms with Crippen LogP contribution in [-0.4, -0.2) is 29.6 Å². The monoisotopic (exact) mass is 298 g/mol. The fraction of sp³-hybridized carbons (Fsp3) is 0.429. The van der Waals surface area contributed by atoms with Crippen molar-refractivity contribution >= 4 is 29.1 Å². The summed E-state index contributed by atoms with van der Waals surface area (Å²) < 4.78 is 0. The topological polar surface area (TPSA) is 78.4 Å². The molecule has 110 valence electrons. The van der Waals surface area contributed by atoms with Crippen LogP contribution >= 0.6 is 11.6 Å². The first kappa shape index (κ1) is 16.5. The van der Waals surface area contributed by atoms with Crippen molar-refractivity contribution in [1.29, 1.82) is 0 Å². The molecule has 2 amide bonds. The van der Waals surface area contributed by atoms with Gasteiger partial charge in [0.05, 0.1) is 10.6 Å². The largest absolute Gasteiger partial charge is 0.396 e. The summed E-state index contributed by atoms with van der Waals surface area (Å²) in [5, 5.41) is 14.5. The van der Waals surface area contributed by atoms with Crippen LogP contribution in [0.25, 0.3) is 0 Å². The van der Waals surface area contributed by atoms with Gasteiger partial charge in [-0.1, -0.05) is 11.6 Å². The van der Waals surface area contributed by atoms with Crippen molar-refractivity contribution in [2.75, 3.05) is 11.9 Å². The van der Waals surface area contributed by atoms with E-state index in [1.165, 1.54) is 13.0 Å². The van der Waals surface area contributed by atoms with E-state index in [9.17, 15) is 9.59 Å². The molecule has 1 atom stereocenters. The number of aliphatic hydroxyl groups is 1. The smallest absolute Gasteiger partial charge is 0.253 e. The average Bonchev–Trinajstić information content (AvgIpc) is 2.37. The van der Waals surface area contributed by atoms with Gasteiger partial charge in [0, 0.05) is 25.3 Å². The highest BCUT2D eigenvalue weighted by atomic mass is 35.5. The van der Waals surface area contributed by atoms with Crippen LogP contribution in [0.1, 0.15) is 37.0 Å². The van der Waals surface area contributed by atoms with Crippen molar-refractivity contribution in [3.05, 3.63) is 28.8 Å². The van der Waals surface area contributed by atoms with Gasteiger partial charge in [0.1, 0.15) is 0 Å². The number of amides is 2. The van der Waals surface area contributed by atoms with E-state index >= 15 is 0 Å². The zero-order chi connectivity index (χ0) is 15.1. The third-order valence-electron chi connectivity index (χ3n) is 2.70. The highest BCUT2D eigenvalue weighted by Crippen LogP contribution is 2.21. The molecule has 5 nitrogen and oxygen atoms in total. The van der Waals surface area contributed by atoms with Gasteiger partial charge in [-0.25, -0.2) is 0 Å². The Morgan fingerprint density at radius 3 is 2.70 bits per heavy atom. The minimum atomic E-state index is -0.298. The van der Waals surface area contributed by atoms with Crippen molar-refractivity contribution in [1.82, 2.24) is 5.32 Å². The molecule has 0 saturated carbocycles. The predicted molar refractivity (Wildman–Crippen MR) is 79.0 cm³/mol. The summed E-state index contributed by atoms with van der Waals surface area (Å²) >= 11 is 6.00. The van der Waals surface area contributed by atoms with Crippen LogP contribution in [0.2, 0.25) is 5.02 Å². The summed E-state index contributed by atoms with van der Waals surface area (Å²) in [6.07, 6.45) is 1.31. The Balaban J connectivity index is 2.78. The van der Waals surface area contributed by atoms with Gasteiger partial charge < -0.3 is 15.7 Å². The molecule has 0 heterocycles. The molecule has 1 aromatic carbocycles. The lowest BCUT2D eigenvalue weighted by Crippen LogP contribution is -2.32. The Hall–Kier alpha value is -1.59. The zero-order valence-corrected chi connectivity index (χ0v) is 12.3. The Morgan fingerprint density at radius 1 is 1.40 bits per heavy atom. The molecule has 0 fully saturated rings. The van der Waals surface area contributed by atoms with Crippen LogP contribution in [-0.2, 0) is 4.79 Å². The van der Waals surface area contributed by atoms with E-state index in [1.807, 2.05) is 6.92 Å². The van der Waals surface area contributed by atoms with Gasteiger partial charge in [-0.15, -0.1) is 0 Å². The summed E-state index contributed by atoms with van der Waals surface area (Å²) in [6, 6.07) is 4.68. The van der Waals surface area contributed by atoms with E-state index in [2.05, 4.69) is 10.6 Å². The van der Waals surface area contributed by atoms with Gasteiger partial charge in [0.25, 0.3) is 5.91 Å². The van der Waals surface area contributed by atoms with E-state index in [1.54, 1.807) is 12.1 Å². The fourth-order valence-electron chi connectivity index (χ4n) is 1.75. The molecule has 0 aliphatic carbocycles. The number of benzene rings is 1. The first-order valence-electron chi connectivity index (χ1n) is 6.43. The Morgan fingerprint density at radius 2 is 2.10 bits per heavy atom. The van der Waals surface area contributed by atoms with Crippen molar-refractivity contribution in [3.63, 3.8) is 0 Å². The molecule has 1 aromatic rings. The van der Waals surface area contributed by atoms with Crippen LogP contribution in [0.3, 0.4) is 0 Å². The second-order valence-corrected chi connectivity index (χ2v) is 5.02. The van der Waals surface area contributed by atoms with Crippen molar-refractivity contribution < 1.29 is 14.7 Å². The van der Waals surface area contributed by atoms with Crippen molar-refractivity contribution in [2.45, 2.75) is 32.7 Å². The van der Waals surface area contributed by atoms with Crippen molar-refractivity contribution in [2.24, 2.45) is 0 Å². The minimum Gasteiger partial charge on any atom is -0.396 e. The minimum absolute atomic E-state index is 0.0601. The summed E-state index contributed by atoms with van der Waals surface area (Å²) in [6.45, 7) is 3.35. The molecular formula is C14H19ClN2O3. The second-order valence-electron chi connectivity index (χ2n) is 4.62. The standard InChI is InChI=1S/C14H19ClN2O3/c1-9(4-3-7-18)16-14(20)12-8-11(17-10(2)19)5-6-13(12)15/h5-6,8-9,18H,3-4,7H2,1-2H3,(H,16,20)(H,17,19). The van der Waals surface area contributed by atoms with Crippen molar-refractivity contribution in [3.8, 4) is 0 Å². The van der Waals surface area contributed by atoms with Gasteiger partial charge in [-0.3, -0.25) is 9.59 Å². The predicted octanol–water partition coefficient (Wildman–Crippen LogP) is 2.19. The third kappa shape index (κ3) is 5.19. The molecule has 1 rings (SSSR count). The van der Waals surface area contributed by atoms with Crippen LogP contribution in [0.4, 0.5) is 5.69 Å². The molecule has 20 heavy (non-hydrogen) atoms. The molecule has 0 aliphatic rings. The number of carbonyl (C=O) groups excluding carboxylic acids is 2. The molecule has 0 radical (unpaired) electrons. The van der Waals surface area contributed by atoms with Crippen LogP contribution in [0, 0.1) is 0 Å². The molecular weight excluding hydrogens is 280 g/mol. The SMILES string of the molecule is CC(=O)Nc1ccc(Cl)c(C(=O)NC(C)CCCO)c1. The number of hydrogen-bond donors (Lipinski definition) is 3. The third-order valence-corrected chi connectivity index (χ3v) is 3.03. The van der Waals surface area contributed by atoms with Gasteiger partial charge in [0.15, 0.2) is 0 Å². The molecule has 0 aromatic heterocycles. The maximum absolute atomic E-state index is 12.1. The Kier molecular flexibility index (Phi) is 6.48. The molecule has 0 bridgehead atoms. The summed E-state index contributed by atoms with van der Waals surface area (Å²) in [5.41, 5.74) is 0.837. The van der Waals surface area contributed by atoms with E-state index in [0.717, 1.165) is 0 Å². The quantitative estimate of drug-likeness (QED) is 0.753. The fourth-order valence-corrected chi connectivity index (χ4v) is 1.95. The van der Waals surface area contributed by atoms with E-state index < -0.39 is 0 Å². The summed E-state index contributed by atoms with van der Waals surface area (Å²) in [5.74, 6) is -0.511. The number of aliphatic hydroxyl groups excluding tert-OH is 1. The maximum Gasteiger partial charge on any atom is 0.253 e. The number of carbonyl (C=O) groups is 2. The van der Waals surface area contributed by atoms with Crippen LogP contribution in [0.5, 0.6) is 0 Å². The summed E-state index contributed by atoms with van der Waals surface area (Å²) in [4.78, 5) is 23.1. The Bertz CT molecular complexity index is 491. The first-order chi connectivity index (χ1) is 9.43. The molecule has 3 N–H and O–H groups in total. The van der Waals surface area contributed by atoms with E-state index in [0.29, 0.717) is 29.1 Å². The number of rotatable bonds is 6. The molecule has 6 heteroatoms. The molecule has 0 aliphatic heterocycles. The second kappa shape index (κ2) is 7.87. The molecule has 0 spiro atoms. The lowest BCUT2D eigenvalue weighted by Gasteiger charge is -2.14. The lowest BCUT2D eigenvalue weighted by atomic mass is 10.1. The molecule has 1 unspecified atom stereocenters. The number of nitrogens with one attached hydrogen (secondary N) is 2. The number of anilines is 1. The van der Waals surface area contributed by atoms with E-state index in [-0.39, 0.29) is 24.5 Å². The highest BCUT2D eigenvalue weighted by Gasteiger charge is 2.14. The molecule has 0 saturated heterocycles. The first-order valence-corrected chi connectivity index (χ1v) is 6.80. The Labute approximate surface area is 123 Å². The normalized spacial score (nSPS) is 11.8. The van der Waals surface area contributed by atoms with Gasteiger partial charge in [0.2, 0.25) is 5.91 Å².